The number of aliphatic hydroxyl groups excluding tert-OH is 1. The van der Waals surface area contributed by atoms with Gasteiger partial charge in [-0.2, -0.15) is 0 Å². The van der Waals surface area contributed by atoms with Crippen LogP contribution in [0.5, 0.6) is 5.75 Å². The molecule has 1 aliphatic rings. The van der Waals surface area contributed by atoms with Gasteiger partial charge in [0.1, 0.15) is 5.75 Å². The number of rotatable bonds is 5. The van der Waals surface area contributed by atoms with Crippen LogP contribution in [0.4, 0.5) is 0 Å². The van der Waals surface area contributed by atoms with Crippen LogP contribution < -0.4 is 10.5 Å². The molecule has 0 bridgehead atoms. The summed E-state index contributed by atoms with van der Waals surface area (Å²) in [5.74, 6) is 1.25. The molecule has 2 atom stereocenters. The summed E-state index contributed by atoms with van der Waals surface area (Å²) >= 11 is 0. The molecule has 1 saturated carbocycles. The van der Waals surface area contributed by atoms with Crippen molar-refractivity contribution in [1.29, 1.82) is 0 Å². The summed E-state index contributed by atoms with van der Waals surface area (Å²) < 4.78 is 5.23. The molecule has 3 nitrogen and oxygen atoms in total. The van der Waals surface area contributed by atoms with E-state index in [9.17, 15) is 5.11 Å². The van der Waals surface area contributed by atoms with Crippen molar-refractivity contribution >= 4 is 0 Å². The quantitative estimate of drug-likeness (QED) is 0.841. The maximum Gasteiger partial charge on any atom is 0.119 e. The van der Waals surface area contributed by atoms with Crippen LogP contribution in [0.3, 0.4) is 0 Å². The van der Waals surface area contributed by atoms with E-state index < -0.39 is 0 Å². The van der Waals surface area contributed by atoms with E-state index in [4.69, 9.17) is 10.5 Å². The van der Waals surface area contributed by atoms with Crippen molar-refractivity contribution in [2.75, 3.05) is 13.7 Å². The van der Waals surface area contributed by atoms with Gasteiger partial charge in [0.25, 0.3) is 0 Å². The van der Waals surface area contributed by atoms with Crippen molar-refractivity contribution in [3.8, 4) is 5.75 Å². The number of nitrogens with two attached hydrogens (primary N) is 1. The molecule has 0 radical (unpaired) electrons. The van der Waals surface area contributed by atoms with Crippen LogP contribution in [0, 0.1) is 5.92 Å². The molecule has 1 aliphatic carbocycles. The van der Waals surface area contributed by atoms with Crippen LogP contribution in [0.15, 0.2) is 24.3 Å². The van der Waals surface area contributed by atoms with Crippen molar-refractivity contribution in [2.24, 2.45) is 11.7 Å². The third-order valence-electron chi connectivity index (χ3n) is 4.07. The van der Waals surface area contributed by atoms with Gasteiger partial charge in [-0.25, -0.2) is 0 Å². The smallest absolute Gasteiger partial charge is 0.119 e. The maximum absolute atomic E-state index is 10.5. The summed E-state index contributed by atoms with van der Waals surface area (Å²) in [4.78, 5) is 0. The van der Waals surface area contributed by atoms with E-state index in [2.05, 4.69) is 0 Å². The lowest BCUT2D eigenvalue weighted by Crippen LogP contribution is -2.31. The molecular weight excluding hydrogens is 226 g/mol. The number of hydrogen-bond donors (Lipinski definition) is 2. The van der Waals surface area contributed by atoms with Gasteiger partial charge in [-0.3, -0.25) is 0 Å². The third-order valence-corrected chi connectivity index (χ3v) is 4.07. The Bertz CT molecular complexity index is 375. The highest BCUT2D eigenvalue weighted by molar-refractivity contribution is 5.31. The van der Waals surface area contributed by atoms with E-state index in [1.165, 1.54) is 12.8 Å². The van der Waals surface area contributed by atoms with Crippen molar-refractivity contribution in [3.63, 3.8) is 0 Å². The highest BCUT2D eigenvalue weighted by atomic mass is 16.5. The number of benzene rings is 1. The lowest BCUT2D eigenvalue weighted by Gasteiger charge is -2.27. The largest absolute Gasteiger partial charge is 0.497 e. The first-order valence-electron chi connectivity index (χ1n) is 6.78. The van der Waals surface area contributed by atoms with Crippen LogP contribution in [-0.4, -0.2) is 24.9 Å². The fraction of sp³-hybridized carbons (Fsp3) is 0.600. The molecule has 0 aliphatic heterocycles. The number of hydrogen-bond acceptors (Lipinski definition) is 3. The predicted octanol–water partition coefficient (Wildman–Crippen LogP) is 2.29. The summed E-state index contributed by atoms with van der Waals surface area (Å²) in [6.45, 7) is 0.477. The van der Waals surface area contributed by atoms with Crippen molar-refractivity contribution < 1.29 is 9.84 Å². The van der Waals surface area contributed by atoms with Crippen molar-refractivity contribution in [2.45, 2.75) is 37.7 Å². The SMILES string of the molecule is COc1cccc(C(CN)C(O)C2CCCC2)c1. The first kappa shape index (κ1) is 13.4. The van der Waals surface area contributed by atoms with Gasteiger partial charge in [0.15, 0.2) is 0 Å². The summed E-state index contributed by atoms with van der Waals surface area (Å²) in [5.41, 5.74) is 6.94. The average molecular weight is 249 g/mol. The minimum absolute atomic E-state index is 0.0169. The van der Waals surface area contributed by atoms with E-state index in [0.717, 1.165) is 24.2 Å². The molecule has 0 saturated heterocycles. The number of aliphatic hydroxyl groups is 1. The Morgan fingerprint density at radius 3 is 2.72 bits per heavy atom. The molecule has 0 aromatic heterocycles. The second kappa shape index (κ2) is 6.21. The lowest BCUT2D eigenvalue weighted by molar-refractivity contribution is 0.0850. The van der Waals surface area contributed by atoms with Crippen LogP contribution >= 0.6 is 0 Å². The molecule has 18 heavy (non-hydrogen) atoms. The molecular formula is C15H23NO2. The molecule has 2 rings (SSSR count). The summed E-state index contributed by atoms with van der Waals surface area (Å²) in [7, 11) is 1.66. The fourth-order valence-corrected chi connectivity index (χ4v) is 2.97. The predicted molar refractivity (Wildman–Crippen MR) is 72.8 cm³/mol. The zero-order valence-corrected chi connectivity index (χ0v) is 11.0. The Balaban J connectivity index is 2.15. The molecule has 2 unspecified atom stereocenters. The highest BCUT2D eigenvalue weighted by Gasteiger charge is 2.30. The van der Waals surface area contributed by atoms with E-state index in [0.29, 0.717) is 12.5 Å². The Morgan fingerprint density at radius 1 is 1.39 bits per heavy atom. The lowest BCUT2D eigenvalue weighted by atomic mass is 9.85. The molecule has 0 heterocycles. The normalized spacial score (nSPS) is 19.7. The first-order valence-corrected chi connectivity index (χ1v) is 6.78. The van der Waals surface area contributed by atoms with Gasteiger partial charge < -0.3 is 15.6 Å². The van der Waals surface area contributed by atoms with Crippen LogP contribution in [0.1, 0.15) is 37.2 Å². The van der Waals surface area contributed by atoms with Crippen molar-refractivity contribution in [3.05, 3.63) is 29.8 Å². The molecule has 1 aromatic rings. The topological polar surface area (TPSA) is 55.5 Å². The zero-order chi connectivity index (χ0) is 13.0. The minimum atomic E-state index is -0.329. The molecule has 0 spiro atoms. The maximum atomic E-state index is 10.5. The molecule has 1 fully saturated rings. The van der Waals surface area contributed by atoms with Gasteiger partial charge in [-0.05, 0) is 36.5 Å². The highest BCUT2D eigenvalue weighted by Crippen LogP contribution is 2.34. The molecule has 100 valence electrons. The van der Waals surface area contributed by atoms with Gasteiger partial charge in [0.2, 0.25) is 0 Å². The van der Waals surface area contributed by atoms with E-state index in [1.54, 1.807) is 7.11 Å². The summed E-state index contributed by atoms with van der Waals surface area (Å²) in [6.07, 6.45) is 4.39. The van der Waals surface area contributed by atoms with Gasteiger partial charge in [-0.1, -0.05) is 25.0 Å². The van der Waals surface area contributed by atoms with Gasteiger partial charge in [0.05, 0.1) is 13.2 Å². The Hall–Kier alpha value is -1.06. The Morgan fingerprint density at radius 2 is 2.11 bits per heavy atom. The Labute approximate surface area is 109 Å². The van der Waals surface area contributed by atoms with Gasteiger partial charge in [-0.15, -0.1) is 0 Å². The molecule has 3 N–H and O–H groups in total. The van der Waals surface area contributed by atoms with Crippen molar-refractivity contribution in [1.82, 2.24) is 0 Å². The standard InChI is InChI=1S/C15H23NO2/c1-18-13-8-4-7-12(9-13)14(10-16)15(17)11-5-2-3-6-11/h4,7-9,11,14-15,17H,2-3,5-6,10,16H2,1H3. The number of methoxy groups -OCH3 is 1. The van der Waals surface area contributed by atoms with E-state index in [-0.39, 0.29) is 12.0 Å². The summed E-state index contributed by atoms with van der Waals surface area (Å²) in [6, 6.07) is 7.88. The Kier molecular flexibility index (Phi) is 4.61. The summed E-state index contributed by atoms with van der Waals surface area (Å²) in [5, 5.41) is 10.5. The monoisotopic (exact) mass is 249 g/mol. The van der Waals surface area contributed by atoms with Crippen LogP contribution in [-0.2, 0) is 0 Å². The zero-order valence-electron chi connectivity index (χ0n) is 11.0. The van der Waals surface area contributed by atoms with Crippen LogP contribution in [0.2, 0.25) is 0 Å². The van der Waals surface area contributed by atoms with Gasteiger partial charge in [0, 0.05) is 12.5 Å². The van der Waals surface area contributed by atoms with E-state index >= 15 is 0 Å². The fourth-order valence-electron chi connectivity index (χ4n) is 2.97. The molecule has 3 heteroatoms. The van der Waals surface area contributed by atoms with Crippen LogP contribution in [0.25, 0.3) is 0 Å². The first-order chi connectivity index (χ1) is 8.76. The van der Waals surface area contributed by atoms with E-state index in [1.807, 2.05) is 24.3 Å². The molecule has 0 amide bonds. The molecule has 1 aromatic carbocycles. The third kappa shape index (κ3) is 2.85. The average Bonchev–Trinajstić information content (AvgIpc) is 2.93. The van der Waals surface area contributed by atoms with Gasteiger partial charge >= 0.3 is 0 Å². The second-order valence-electron chi connectivity index (χ2n) is 5.15. The minimum Gasteiger partial charge on any atom is -0.497 e. The second-order valence-corrected chi connectivity index (χ2v) is 5.15. The number of ether oxygens (including phenoxy) is 1.